The number of esters is 2. The molecule has 0 heterocycles. The van der Waals surface area contributed by atoms with Crippen LogP contribution in [0.1, 0.15) is 26.7 Å². The first-order valence-electron chi connectivity index (χ1n) is 3.95. The van der Waals surface area contributed by atoms with Gasteiger partial charge in [-0.25, -0.2) is 0 Å². The average Bonchev–Trinajstić information content (AvgIpc) is 1.98. The molecule has 0 aliphatic heterocycles. The SMILES string of the molecule is C=CCC(CC)C(=O)OC(C)=O. The van der Waals surface area contributed by atoms with Crippen molar-refractivity contribution in [3.8, 4) is 0 Å². The van der Waals surface area contributed by atoms with Gasteiger partial charge >= 0.3 is 11.9 Å². The summed E-state index contributed by atoms with van der Waals surface area (Å²) in [5.74, 6) is -1.24. The minimum atomic E-state index is -0.553. The maximum Gasteiger partial charge on any atom is 0.316 e. The molecule has 12 heavy (non-hydrogen) atoms. The minimum Gasteiger partial charge on any atom is -0.393 e. The Bertz CT molecular complexity index is 184. The monoisotopic (exact) mass is 170 g/mol. The van der Waals surface area contributed by atoms with E-state index in [0.717, 1.165) is 0 Å². The number of carbonyl (C=O) groups excluding carboxylic acids is 2. The van der Waals surface area contributed by atoms with E-state index in [1.54, 1.807) is 6.08 Å². The highest BCUT2D eigenvalue weighted by Crippen LogP contribution is 2.10. The minimum absolute atomic E-state index is 0.230. The van der Waals surface area contributed by atoms with Crippen LogP contribution in [0.2, 0.25) is 0 Å². The maximum atomic E-state index is 11.1. The Morgan fingerprint density at radius 3 is 2.50 bits per heavy atom. The molecule has 0 fully saturated rings. The van der Waals surface area contributed by atoms with Gasteiger partial charge in [-0.15, -0.1) is 6.58 Å². The van der Waals surface area contributed by atoms with E-state index in [0.29, 0.717) is 12.8 Å². The van der Waals surface area contributed by atoms with Crippen LogP contribution in [0.5, 0.6) is 0 Å². The average molecular weight is 170 g/mol. The van der Waals surface area contributed by atoms with Crippen molar-refractivity contribution in [2.45, 2.75) is 26.7 Å². The smallest absolute Gasteiger partial charge is 0.316 e. The van der Waals surface area contributed by atoms with Gasteiger partial charge in [0.15, 0.2) is 0 Å². The van der Waals surface area contributed by atoms with E-state index in [1.807, 2.05) is 6.92 Å². The summed E-state index contributed by atoms with van der Waals surface area (Å²) in [4.78, 5) is 21.5. The van der Waals surface area contributed by atoms with Gasteiger partial charge < -0.3 is 4.74 Å². The van der Waals surface area contributed by atoms with Crippen molar-refractivity contribution < 1.29 is 14.3 Å². The molecule has 0 N–H and O–H groups in total. The van der Waals surface area contributed by atoms with Gasteiger partial charge in [0.05, 0.1) is 5.92 Å². The molecule has 3 heteroatoms. The summed E-state index contributed by atoms with van der Waals surface area (Å²) in [6.45, 7) is 6.61. The summed E-state index contributed by atoms with van der Waals surface area (Å²) in [5.41, 5.74) is 0. The predicted molar refractivity (Wildman–Crippen MR) is 45.4 cm³/mol. The normalized spacial score (nSPS) is 11.8. The van der Waals surface area contributed by atoms with Crippen molar-refractivity contribution in [1.82, 2.24) is 0 Å². The van der Waals surface area contributed by atoms with Crippen LogP contribution in [0.15, 0.2) is 12.7 Å². The molecule has 0 saturated heterocycles. The zero-order valence-electron chi connectivity index (χ0n) is 7.50. The molecule has 0 aromatic carbocycles. The maximum absolute atomic E-state index is 11.1. The second kappa shape index (κ2) is 5.52. The molecule has 68 valence electrons. The predicted octanol–water partition coefficient (Wildman–Crippen LogP) is 1.68. The molecule has 0 radical (unpaired) electrons. The molecule has 0 bridgehead atoms. The van der Waals surface area contributed by atoms with E-state index < -0.39 is 11.9 Å². The van der Waals surface area contributed by atoms with Crippen molar-refractivity contribution in [3.63, 3.8) is 0 Å². The second-order valence-electron chi connectivity index (χ2n) is 2.54. The van der Waals surface area contributed by atoms with Crippen LogP contribution >= 0.6 is 0 Å². The van der Waals surface area contributed by atoms with Gasteiger partial charge in [0.2, 0.25) is 0 Å². The fourth-order valence-corrected chi connectivity index (χ4v) is 0.856. The van der Waals surface area contributed by atoms with E-state index in [4.69, 9.17) is 0 Å². The summed E-state index contributed by atoms with van der Waals surface area (Å²) < 4.78 is 4.43. The number of ether oxygens (including phenoxy) is 1. The van der Waals surface area contributed by atoms with E-state index >= 15 is 0 Å². The van der Waals surface area contributed by atoms with Gasteiger partial charge in [0.1, 0.15) is 0 Å². The molecule has 0 spiro atoms. The van der Waals surface area contributed by atoms with E-state index in [9.17, 15) is 9.59 Å². The lowest BCUT2D eigenvalue weighted by Gasteiger charge is -2.08. The first-order valence-corrected chi connectivity index (χ1v) is 3.95. The molecule has 0 aliphatic rings. The largest absolute Gasteiger partial charge is 0.393 e. The molecule has 3 nitrogen and oxygen atoms in total. The number of rotatable bonds is 4. The Labute approximate surface area is 72.4 Å². The fraction of sp³-hybridized carbons (Fsp3) is 0.556. The van der Waals surface area contributed by atoms with Crippen LogP contribution in [0.4, 0.5) is 0 Å². The highest BCUT2D eigenvalue weighted by atomic mass is 16.6. The summed E-state index contributed by atoms with van der Waals surface area (Å²) in [7, 11) is 0. The molecule has 0 amide bonds. The topological polar surface area (TPSA) is 43.4 Å². The highest BCUT2D eigenvalue weighted by Gasteiger charge is 2.17. The highest BCUT2D eigenvalue weighted by molar-refractivity contribution is 5.85. The van der Waals surface area contributed by atoms with Crippen LogP contribution in [-0.2, 0) is 14.3 Å². The summed E-state index contributed by atoms with van der Waals surface area (Å²) >= 11 is 0. The zero-order valence-corrected chi connectivity index (χ0v) is 7.50. The first kappa shape index (κ1) is 10.9. The molecule has 0 saturated carbocycles. The van der Waals surface area contributed by atoms with Gasteiger partial charge in [0, 0.05) is 6.92 Å². The molecular weight excluding hydrogens is 156 g/mol. The zero-order chi connectivity index (χ0) is 9.56. The lowest BCUT2D eigenvalue weighted by molar-refractivity contribution is -0.161. The Morgan fingerprint density at radius 2 is 2.17 bits per heavy atom. The molecule has 0 aromatic rings. The van der Waals surface area contributed by atoms with Crippen molar-refractivity contribution in [2.24, 2.45) is 5.92 Å². The number of allylic oxidation sites excluding steroid dienone is 1. The lowest BCUT2D eigenvalue weighted by Crippen LogP contribution is -2.18. The molecule has 0 rings (SSSR count). The van der Waals surface area contributed by atoms with Gasteiger partial charge in [-0.05, 0) is 12.8 Å². The summed E-state index contributed by atoms with van der Waals surface area (Å²) in [6.07, 6.45) is 2.87. The van der Waals surface area contributed by atoms with Crippen molar-refractivity contribution in [3.05, 3.63) is 12.7 Å². The lowest BCUT2D eigenvalue weighted by atomic mass is 10.0. The molecule has 1 unspecified atom stereocenters. The Kier molecular flexibility index (Phi) is 5.00. The molecule has 0 aliphatic carbocycles. The molecular formula is C9H14O3. The van der Waals surface area contributed by atoms with E-state index in [1.165, 1.54) is 6.92 Å². The van der Waals surface area contributed by atoms with E-state index in [2.05, 4.69) is 11.3 Å². The molecule has 0 aromatic heterocycles. The van der Waals surface area contributed by atoms with Gasteiger partial charge in [0.25, 0.3) is 0 Å². The third kappa shape index (κ3) is 3.91. The van der Waals surface area contributed by atoms with Crippen molar-refractivity contribution in [1.29, 1.82) is 0 Å². The number of carbonyl (C=O) groups is 2. The van der Waals surface area contributed by atoms with Gasteiger partial charge in [-0.3, -0.25) is 9.59 Å². The second-order valence-corrected chi connectivity index (χ2v) is 2.54. The summed E-state index contributed by atoms with van der Waals surface area (Å²) in [5, 5.41) is 0. The van der Waals surface area contributed by atoms with Gasteiger partial charge in [-0.2, -0.15) is 0 Å². The van der Waals surface area contributed by atoms with Crippen LogP contribution in [0, 0.1) is 5.92 Å². The van der Waals surface area contributed by atoms with Crippen LogP contribution < -0.4 is 0 Å². The number of hydrogen-bond acceptors (Lipinski definition) is 3. The first-order chi connectivity index (χ1) is 5.61. The Morgan fingerprint density at radius 1 is 1.58 bits per heavy atom. The van der Waals surface area contributed by atoms with Crippen LogP contribution in [0.25, 0.3) is 0 Å². The third-order valence-corrected chi connectivity index (χ3v) is 1.52. The van der Waals surface area contributed by atoms with Crippen molar-refractivity contribution >= 4 is 11.9 Å². The van der Waals surface area contributed by atoms with Gasteiger partial charge in [-0.1, -0.05) is 13.0 Å². The van der Waals surface area contributed by atoms with Crippen molar-refractivity contribution in [2.75, 3.05) is 0 Å². The quantitative estimate of drug-likeness (QED) is 0.366. The Hall–Kier alpha value is -1.12. The Balaban J connectivity index is 4.02. The molecule has 1 atom stereocenters. The summed E-state index contributed by atoms with van der Waals surface area (Å²) in [6, 6.07) is 0. The standard InChI is InChI=1S/C9H14O3/c1-4-6-8(5-2)9(11)12-7(3)10/h4,8H,1,5-6H2,2-3H3. The van der Waals surface area contributed by atoms with Crippen LogP contribution in [-0.4, -0.2) is 11.9 Å². The van der Waals surface area contributed by atoms with E-state index in [-0.39, 0.29) is 5.92 Å². The third-order valence-electron chi connectivity index (χ3n) is 1.52. The van der Waals surface area contributed by atoms with Crippen LogP contribution in [0.3, 0.4) is 0 Å². The number of hydrogen-bond donors (Lipinski definition) is 0. The fourth-order valence-electron chi connectivity index (χ4n) is 0.856.